The van der Waals surface area contributed by atoms with Gasteiger partial charge in [-0.05, 0) is 18.4 Å². The Bertz CT molecular complexity index is 606. The quantitative estimate of drug-likeness (QED) is 0.849. The lowest BCUT2D eigenvalue weighted by molar-refractivity contribution is 0.0908. The van der Waals surface area contributed by atoms with E-state index in [9.17, 15) is 0 Å². The number of aryl methyl sites for hydroxylation is 1. The highest BCUT2D eigenvalue weighted by Crippen LogP contribution is 2.37. The van der Waals surface area contributed by atoms with E-state index in [2.05, 4.69) is 27.6 Å². The van der Waals surface area contributed by atoms with Crippen molar-refractivity contribution >= 4 is 0 Å². The molecule has 0 spiro atoms. The maximum absolute atomic E-state index is 5.68. The van der Waals surface area contributed by atoms with Crippen LogP contribution in [0, 0.1) is 0 Å². The average Bonchev–Trinajstić information content (AvgIpc) is 3.26. The number of nitrogens with zero attached hydrogens (tertiary/aromatic N) is 2. The van der Waals surface area contributed by atoms with Crippen molar-refractivity contribution < 1.29 is 9.26 Å². The van der Waals surface area contributed by atoms with Crippen LogP contribution in [-0.4, -0.2) is 23.8 Å². The summed E-state index contributed by atoms with van der Waals surface area (Å²) in [5.74, 6) is 1.51. The highest BCUT2D eigenvalue weighted by molar-refractivity contribution is 5.18. The first kappa shape index (κ1) is 16.1. The standard InChI is InChI=1S/C18H25N3O2/c1-3-16-20-17(21-23-16)18(11-7-8-12-18)19-13-15(22-2)14-9-5-4-6-10-14/h4-6,9-10,15,19H,3,7-8,11-13H2,1-2H3/t15-/m1/s1. The van der Waals surface area contributed by atoms with Crippen molar-refractivity contribution in [2.75, 3.05) is 13.7 Å². The molecule has 0 aliphatic heterocycles. The maximum Gasteiger partial charge on any atom is 0.226 e. The van der Waals surface area contributed by atoms with E-state index in [4.69, 9.17) is 9.26 Å². The van der Waals surface area contributed by atoms with Crippen LogP contribution in [0.15, 0.2) is 34.9 Å². The summed E-state index contributed by atoms with van der Waals surface area (Å²) in [4.78, 5) is 4.58. The third-order valence-electron chi connectivity index (χ3n) is 4.74. The molecule has 1 atom stereocenters. The molecular weight excluding hydrogens is 290 g/mol. The molecule has 1 saturated carbocycles. The summed E-state index contributed by atoms with van der Waals surface area (Å²) in [6.45, 7) is 2.76. The van der Waals surface area contributed by atoms with Crippen LogP contribution in [0.1, 0.15) is 56.0 Å². The van der Waals surface area contributed by atoms with Crippen molar-refractivity contribution in [2.24, 2.45) is 0 Å². The molecule has 2 aromatic rings. The van der Waals surface area contributed by atoms with Gasteiger partial charge in [-0.25, -0.2) is 0 Å². The van der Waals surface area contributed by atoms with Gasteiger partial charge in [-0.15, -0.1) is 0 Å². The first-order valence-corrected chi connectivity index (χ1v) is 8.43. The zero-order chi connectivity index (χ0) is 16.1. The molecule has 1 aromatic carbocycles. The van der Waals surface area contributed by atoms with E-state index < -0.39 is 0 Å². The van der Waals surface area contributed by atoms with Crippen molar-refractivity contribution in [1.82, 2.24) is 15.5 Å². The number of hydrogen-bond donors (Lipinski definition) is 1. The van der Waals surface area contributed by atoms with Crippen molar-refractivity contribution in [3.05, 3.63) is 47.6 Å². The Balaban J connectivity index is 1.74. The van der Waals surface area contributed by atoms with E-state index in [0.717, 1.165) is 31.6 Å². The second kappa shape index (κ2) is 7.23. The minimum absolute atomic E-state index is 0.0196. The van der Waals surface area contributed by atoms with Crippen LogP contribution < -0.4 is 5.32 Å². The lowest BCUT2D eigenvalue weighted by Gasteiger charge is -2.29. The molecule has 1 aliphatic rings. The Kier molecular flexibility index (Phi) is 5.08. The van der Waals surface area contributed by atoms with Gasteiger partial charge in [0, 0.05) is 20.1 Å². The molecule has 5 heteroatoms. The largest absolute Gasteiger partial charge is 0.375 e. The van der Waals surface area contributed by atoms with Crippen LogP contribution in [0.3, 0.4) is 0 Å². The summed E-state index contributed by atoms with van der Waals surface area (Å²) in [7, 11) is 1.75. The van der Waals surface area contributed by atoms with Crippen LogP contribution in [0.5, 0.6) is 0 Å². The molecule has 0 radical (unpaired) electrons. The van der Waals surface area contributed by atoms with Crippen LogP contribution in [-0.2, 0) is 16.7 Å². The van der Waals surface area contributed by atoms with Gasteiger partial charge in [0.1, 0.15) is 0 Å². The Morgan fingerprint density at radius 2 is 2.00 bits per heavy atom. The lowest BCUT2D eigenvalue weighted by Crippen LogP contribution is -2.43. The van der Waals surface area contributed by atoms with Crippen LogP contribution in [0.4, 0.5) is 0 Å². The molecule has 0 amide bonds. The van der Waals surface area contributed by atoms with Crippen molar-refractivity contribution in [1.29, 1.82) is 0 Å². The van der Waals surface area contributed by atoms with E-state index in [-0.39, 0.29) is 11.6 Å². The Morgan fingerprint density at radius 3 is 2.61 bits per heavy atom. The van der Waals surface area contributed by atoms with E-state index in [1.807, 2.05) is 25.1 Å². The second-order valence-corrected chi connectivity index (χ2v) is 6.17. The molecule has 0 saturated heterocycles. The molecule has 1 heterocycles. The molecule has 1 fully saturated rings. The van der Waals surface area contributed by atoms with Crippen LogP contribution in [0.25, 0.3) is 0 Å². The molecule has 124 valence electrons. The Labute approximate surface area is 137 Å². The number of aromatic nitrogens is 2. The van der Waals surface area contributed by atoms with Gasteiger partial charge in [0.15, 0.2) is 5.82 Å². The molecule has 0 bridgehead atoms. The average molecular weight is 315 g/mol. The fourth-order valence-electron chi connectivity index (χ4n) is 3.34. The third-order valence-corrected chi connectivity index (χ3v) is 4.74. The molecule has 1 aromatic heterocycles. The molecule has 1 aliphatic carbocycles. The summed E-state index contributed by atoms with van der Waals surface area (Å²) in [6.07, 6.45) is 5.25. The van der Waals surface area contributed by atoms with E-state index >= 15 is 0 Å². The third kappa shape index (κ3) is 3.46. The van der Waals surface area contributed by atoms with Gasteiger partial charge >= 0.3 is 0 Å². The number of nitrogens with one attached hydrogen (secondary N) is 1. The number of rotatable bonds is 7. The minimum Gasteiger partial charge on any atom is -0.375 e. The SMILES string of the molecule is CCc1nc(C2(NC[C@@H](OC)c3ccccc3)CCCC2)no1. The first-order chi connectivity index (χ1) is 11.3. The summed E-state index contributed by atoms with van der Waals surface area (Å²) < 4.78 is 11.0. The van der Waals surface area contributed by atoms with E-state index in [0.29, 0.717) is 5.89 Å². The second-order valence-electron chi connectivity index (χ2n) is 6.17. The van der Waals surface area contributed by atoms with Gasteiger partial charge < -0.3 is 14.6 Å². The summed E-state index contributed by atoms with van der Waals surface area (Å²) >= 11 is 0. The molecule has 3 rings (SSSR count). The number of methoxy groups -OCH3 is 1. The smallest absolute Gasteiger partial charge is 0.226 e. The molecule has 1 N–H and O–H groups in total. The summed E-state index contributed by atoms with van der Waals surface area (Å²) in [6, 6.07) is 10.3. The number of ether oxygens (including phenoxy) is 1. The summed E-state index contributed by atoms with van der Waals surface area (Å²) in [5.41, 5.74) is 1.00. The fourth-order valence-corrected chi connectivity index (χ4v) is 3.34. The molecule has 23 heavy (non-hydrogen) atoms. The van der Waals surface area contributed by atoms with Gasteiger partial charge in [0.05, 0.1) is 11.6 Å². The van der Waals surface area contributed by atoms with Crippen LogP contribution in [0.2, 0.25) is 0 Å². The van der Waals surface area contributed by atoms with Gasteiger partial charge in [-0.1, -0.05) is 55.3 Å². The monoisotopic (exact) mass is 315 g/mol. The molecular formula is C18H25N3O2. The van der Waals surface area contributed by atoms with E-state index in [1.165, 1.54) is 18.4 Å². The van der Waals surface area contributed by atoms with Crippen molar-refractivity contribution in [3.8, 4) is 0 Å². The van der Waals surface area contributed by atoms with Gasteiger partial charge in [-0.2, -0.15) is 4.98 Å². The summed E-state index contributed by atoms with van der Waals surface area (Å²) in [5, 5.41) is 7.92. The topological polar surface area (TPSA) is 60.2 Å². The Morgan fingerprint density at radius 1 is 1.26 bits per heavy atom. The zero-order valence-corrected chi connectivity index (χ0v) is 13.9. The number of hydrogen-bond acceptors (Lipinski definition) is 5. The molecule has 5 nitrogen and oxygen atoms in total. The van der Waals surface area contributed by atoms with Crippen molar-refractivity contribution in [3.63, 3.8) is 0 Å². The van der Waals surface area contributed by atoms with Crippen LogP contribution >= 0.6 is 0 Å². The predicted molar refractivity (Wildman–Crippen MR) is 88.0 cm³/mol. The van der Waals surface area contributed by atoms with Crippen molar-refractivity contribution in [2.45, 2.75) is 50.7 Å². The van der Waals surface area contributed by atoms with E-state index in [1.54, 1.807) is 7.11 Å². The normalized spacial score (nSPS) is 18.2. The molecule has 0 unspecified atom stereocenters. The predicted octanol–water partition coefficient (Wildman–Crippen LogP) is 3.38. The fraction of sp³-hybridized carbons (Fsp3) is 0.556. The minimum atomic E-state index is -0.178. The maximum atomic E-state index is 5.68. The Hall–Kier alpha value is -1.72. The van der Waals surface area contributed by atoms with Gasteiger partial charge in [0.2, 0.25) is 5.89 Å². The first-order valence-electron chi connectivity index (χ1n) is 8.43. The highest BCUT2D eigenvalue weighted by atomic mass is 16.5. The van der Waals surface area contributed by atoms with Gasteiger partial charge in [-0.3, -0.25) is 0 Å². The highest BCUT2D eigenvalue weighted by Gasteiger charge is 2.40. The van der Waals surface area contributed by atoms with Gasteiger partial charge in [0.25, 0.3) is 0 Å². The number of benzene rings is 1. The zero-order valence-electron chi connectivity index (χ0n) is 13.9. The lowest BCUT2D eigenvalue weighted by atomic mass is 9.95.